The average Bonchev–Trinajstić information content (AvgIpc) is 2.54. The number of nitrogens with two attached hydrogens (primary N) is 1. The third-order valence-electron chi connectivity index (χ3n) is 2.98. The summed E-state index contributed by atoms with van der Waals surface area (Å²) < 4.78 is 5.62. The van der Waals surface area contributed by atoms with E-state index < -0.39 is 5.91 Å². The maximum absolute atomic E-state index is 11.0. The Morgan fingerprint density at radius 2 is 2.05 bits per heavy atom. The molecule has 0 saturated carbocycles. The van der Waals surface area contributed by atoms with Crippen molar-refractivity contribution in [2.75, 3.05) is 18.6 Å². The second-order valence-corrected chi connectivity index (χ2v) is 5.65. The molecule has 0 atom stereocenters. The number of primary amides is 1. The maximum atomic E-state index is 11.0. The van der Waals surface area contributed by atoms with Crippen LogP contribution in [0.15, 0.2) is 42.6 Å². The number of amides is 1. The van der Waals surface area contributed by atoms with Crippen LogP contribution in [0, 0.1) is 0 Å². The zero-order valence-electron chi connectivity index (χ0n) is 12.4. The van der Waals surface area contributed by atoms with Crippen molar-refractivity contribution < 1.29 is 9.53 Å². The van der Waals surface area contributed by atoms with Gasteiger partial charge in [0.2, 0.25) is 11.8 Å². The second kappa shape index (κ2) is 8.41. The van der Waals surface area contributed by atoms with Crippen LogP contribution in [0.25, 0.3) is 0 Å². The first-order chi connectivity index (χ1) is 10.7. The highest BCUT2D eigenvalue weighted by molar-refractivity contribution is 7.98. The van der Waals surface area contributed by atoms with Gasteiger partial charge in [0.25, 0.3) is 0 Å². The summed E-state index contributed by atoms with van der Waals surface area (Å²) in [5, 5.41) is 3.37. The van der Waals surface area contributed by atoms with Crippen LogP contribution in [0.3, 0.4) is 0 Å². The molecule has 22 heavy (non-hydrogen) atoms. The van der Waals surface area contributed by atoms with Gasteiger partial charge in [-0.1, -0.05) is 12.1 Å². The number of nitrogens with one attached hydrogen (secondary N) is 1. The molecule has 2 rings (SSSR count). The van der Waals surface area contributed by atoms with E-state index in [1.807, 2.05) is 36.0 Å². The van der Waals surface area contributed by atoms with Crippen molar-refractivity contribution in [1.82, 2.24) is 10.3 Å². The van der Waals surface area contributed by atoms with E-state index in [1.54, 1.807) is 12.1 Å². The highest BCUT2D eigenvalue weighted by atomic mass is 32.2. The van der Waals surface area contributed by atoms with E-state index in [9.17, 15) is 4.79 Å². The van der Waals surface area contributed by atoms with E-state index >= 15 is 0 Å². The number of pyridine rings is 1. The average molecular weight is 317 g/mol. The Balaban J connectivity index is 1.89. The van der Waals surface area contributed by atoms with Crippen molar-refractivity contribution in [3.63, 3.8) is 0 Å². The lowest BCUT2D eigenvalue weighted by Crippen LogP contribution is -2.16. The van der Waals surface area contributed by atoms with E-state index in [-0.39, 0.29) is 0 Å². The summed E-state index contributed by atoms with van der Waals surface area (Å²) in [6.45, 7) is 1.84. The van der Waals surface area contributed by atoms with Gasteiger partial charge in [0, 0.05) is 31.1 Å². The number of hydrogen-bond donors (Lipinski definition) is 2. The normalized spacial score (nSPS) is 10.4. The van der Waals surface area contributed by atoms with Gasteiger partial charge in [-0.2, -0.15) is 11.8 Å². The molecule has 1 heterocycles. The minimum Gasteiger partial charge on any atom is -0.439 e. The van der Waals surface area contributed by atoms with E-state index in [0.717, 1.165) is 18.8 Å². The SMILES string of the molecule is CSCCNCc1ccc(Oc2ccc(C(N)=O)cn2)cc1. The molecule has 0 spiro atoms. The number of ether oxygens (including phenoxy) is 1. The van der Waals surface area contributed by atoms with Crippen LogP contribution < -0.4 is 15.8 Å². The Morgan fingerprint density at radius 1 is 1.27 bits per heavy atom. The lowest BCUT2D eigenvalue weighted by atomic mass is 10.2. The number of rotatable bonds is 8. The summed E-state index contributed by atoms with van der Waals surface area (Å²) >= 11 is 1.82. The zero-order valence-corrected chi connectivity index (χ0v) is 13.2. The Labute approximate surface area is 134 Å². The largest absolute Gasteiger partial charge is 0.439 e. The van der Waals surface area contributed by atoms with Crippen molar-refractivity contribution in [1.29, 1.82) is 0 Å². The van der Waals surface area contributed by atoms with E-state index in [4.69, 9.17) is 10.5 Å². The van der Waals surface area contributed by atoms with E-state index in [1.165, 1.54) is 11.8 Å². The molecule has 0 unspecified atom stereocenters. The molecule has 6 heteroatoms. The topological polar surface area (TPSA) is 77.2 Å². The monoisotopic (exact) mass is 317 g/mol. The highest BCUT2D eigenvalue weighted by Gasteiger charge is 2.03. The third-order valence-corrected chi connectivity index (χ3v) is 3.59. The lowest BCUT2D eigenvalue weighted by Gasteiger charge is -2.07. The molecule has 0 fully saturated rings. The van der Waals surface area contributed by atoms with Gasteiger partial charge in [-0.05, 0) is 30.0 Å². The Morgan fingerprint density at radius 3 is 2.64 bits per heavy atom. The van der Waals surface area contributed by atoms with Gasteiger partial charge in [-0.3, -0.25) is 4.79 Å². The molecule has 1 aromatic carbocycles. The Kier molecular flexibility index (Phi) is 6.24. The van der Waals surface area contributed by atoms with Crippen LogP contribution in [0.2, 0.25) is 0 Å². The molecule has 0 saturated heterocycles. The van der Waals surface area contributed by atoms with Gasteiger partial charge in [-0.25, -0.2) is 4.98 Å². The number of aromatic nitrogens is 1. The van der Waals surface area contributed by atoms with Crippen molar-refractivity contribution in [2.24, 2.45) is 5.73 Å². The molecular weight excluding hydrogens is 298 g/mol. The molecule has 1 amide bonds. The summed E-state index contributed by atoms with van der Waals surface area (Å²) in [5.41, 5.74) is 6.72. The maximum Gasteiger partial charge on any atom is 0.250 e. The summed E-state index contributed by atoms with van der Waals surface area (Å²) in [4.78, 5) is 15.0. The first-order valence-corrected chi connectivity index (χ1v) is 8.31. The van der Waals surface area contributed by atoms with Crippen molar-refractivity contribution in [3.05, 3.63) is 53.7 Å². The number of thioether (sulfide) groups is 1. The fourth-order valence-corrected chi connectivity index (χ4v) is 2.14. The first kappa shape index (κ1) is 16.3. The summed E-state index contributed by atoms with van der Waals surface area (Å²) in [6, 6.07) is 11.0. The molecule has 116 valence electrons. The lowest BCUT2D eigenvalue weighted by molar-refractivity contribution is 0.1000. The Bertz CT molecular complexity index is 600. The summed E-state index contributed by atoms with van der Waals surface area (Å²) in [5.74, 6) is 1.73. The number of hydrogen-bond acceptors (Lipinski definition) is 5. The molecule has 0 aliphatic heterocycles. The van der Waals surface area contributed by atoms with Crippen LogP contribution in [0.4, 0.5) is 0 Å². The van der Waals surface area contributed by atoms with Crippen LogP contribution >= 0.6 is 11.8 Å². The number of nitrogens with zero attached hydrogens (tertiary/aromatic N) is 1. The smallest absolute Gasteiger partial charge is 0.250 e. The van der Waals surface area contributed by atoms with Crippen molar-refractivity contribution in [2.45, 2.75) is 6.54 Å². The number of benzene rings is 1. The van der Waals surface area contributed by atoms with Crippen molar-refractivity contribution >= 4 is 17.7 Å². The molecule has 0 aliphatic rings. The second-order valence-electron chi connectivity index (χ2n) is 4.66. The van der Waals surface area contributed by atoms with Crippen LogP contribution in [0.1, 0.15) is 15.9 Å². The van der Waals surface area contributed by atoms with Gasteiger partial charge in [0.15, 0.2) is 0 Å². The number of carbonyl (C=O) groups is 1. The minimum atomic E-state index is -0.502. The van der Waals surface area contributed by atoms with Gasteiger partial charge >= 0.3 is 0 Å². The molecule has 0 radical (unpaired) electrons. The fourth-order valence-electron chi connectivity index (χ4n) is 1.79. The molecule has 0 aliphatic carbocycles. The van der Waals surface area contributed by atoms with E-state index in [0.29, 0.717) is 17.2 Å². The van der Waals surface area contributed by atoms with Gasteiger partial charge in [0.1, 0.15) is 5.75 Å². The zero-order chi connectivity index (χ0) is 15.8. The standard InChI is InChI=1S/C16H19N3O2S/c1-22-9-8-18-10-12-2-5-14(6-3-12)21-15-7-4-13(11-19-15)16(17)20/h2-7,11,18H,8-10H2,1H3,(H2,17,20). The van der Waals surface area contributed by atoms with Crippen LogP contribution in [-0.2, 0) is 6.54 Å². The van der Waals surface area contributed by atoms with Crippen molar-refractivity contribution in [3.8, 4) is 11.6 Å². The van der Waals surface area contributed by atoms with Gasteiger partial charge in [-0.15, -0.1) is 0 Å². The predicted molar refractivity (Wildman–Crippen MR) is 89.4 cm³/mol. The summed E-state index contributed by atoms with van der Waals surface area (Å²) in [7, 11) is 0. The summed E-state index contributed by atoms with van der Waals surface area (Å²) in [6.07, 6.45) is 3.50. The third kappa shape index (κ3) is 5.05. The molecule has 0 bridgehead atoms. The first-order valence-electron chi connectivity index (χ1n) is 6.91. The molecule has 1 aromatic heterocycles. The van der Waals surface area contributed by atoms with Crippen LogP contribution in [0.5, 0.6) is 11.6 Å². The van der Waals surface area contributed by atoms with E-state index in [2.05, 4.69) is 16.6 Å². The molecular formula is C16H19N3O2S. The molecule has 2 aromatic rings. The minimum absolute atomic E-state index is 0.360. The molecule has 3 N–H and O–H groups in total. The molecule has 5 nitrogen and oxygen atoms in total. The quantitative estimate of drug-likeness (QED) is 0.731. The van der Waals surface area contributed by atoms with Gasteiger partial charge in [0.05, 0.1) is 5.56 Å². The highest BCUT2D eigenvalue weighted by Crippen LogP contribution is 2.19. The fraction of sp³-hybridized carbons (Fsp3) is 0.250. The number of carbonyl (C=O) groups excluding carboxylic acids is 1. The Hall–Kier alpha value is -2.05. The predicted octanol–water partition coefficient (Wildman–Crippen LogP) is 2.43. The van der Waals surface area contributed by atoms with Gasteiger partial charge < -0.3 is 15.8 Å². The van der Waals surface area contributed by atoms with Crippen LogP contribution in [-0.4, -0.2) is 29.4 Å².